The first-order valence-corrected chi connectivity index (χ1v) is 13.7. The highest BCUT2D eigenvalue weighted by atomic mass is 32.1. The highest BCUT2D eigenvalue weighted by molar-refractivity contribution is 7.12. The average Bonchev–Trinajstić information content (AvgIpc) is 3.19. The predicted octanol–water partition coefficient (Wildman–Crippen LogP) is 3.15. The number of carbonyl (C=O) groups is 3. The van der Waals surface area contributed by atoms with Gasteiger partial charge in [-0.05, 0) is 31.0 Å². The number of hydrogen-bond acceptors (Lipinski definition) is 7. The van der Waals surface area contributed by atoms with E-state index in [1.54, 1.807) is 4.90 Å². The number of amides is 4. The molecule has 2 saturated heterocycles. The number of aromatic nitrogens is 1. The third-order valence-electron chi connectivity index (χ3n) is 5.97. The Morgan fingerprint density at radius 3 is 2.65 bits per heavy atom. The number of anilines is 1. The van der Waals surface area contributed by atoms with E-state index in [2.05, 4.69) is 49.5 Å². The van der Waals surface area contributed by atoms with Crippen LogP contribution >= 0.6 is 11.3 Å². The zero-order chi connectivity index (χ0) is 23.1. The SMILES string of the molecule is CC(C)(C)[Si](C)(C)ON1C(=O)N2C[C@H]1CC[C@H]2C(=N)NC(=O)c1nc(NC(=O)O)cs1. The van der Waals surface area contributed by atoms with Gasteiger partial charge in [-0.25, -0.2) is 19.6 Å². The molecule has 0 saturated carbocycles. The van der Waals surface area contributed by atoms with Crippen LogP contribution in [0.25, 0.3) is 0 Å². The molecule has 3 rings (SSSR count). The predicted molar refractivity (Wildman–Crippen MR) is 118 cm³/mol. The van der Waals surface area contributed by atoms with Crippen molar-refractivity contribution in [2.75, 3.05) is 11.9 Å². The van der Waals surface area contributed by atoms with Gasteiger partial charge in [-0.1, -0.05) is 20.8 Å². The normalized spacial score (nSPS) is 21.3. The molecule has 1 aromatic heterocycles. The van der Waals surface area contributed by atoms with E-state index in [0.29, 0.717) is 19.4 Å². The molecule has 2 atom stereocenters. The Bertz CT molecular complexity index is 913. The molecule has 11 nitrogen and oxygen atoms in total. The molecule has 0 unspecified atom stereocenters. The Hall–Kier alpha value is -2.51. The van der Waals surface area contributed by atoms with Crippen molar-refractivity contribution in [1.29, 1.82) is 5.41 Å². The van der Waals surface area contributed by atoms with E-state index in [0.717, 1.165) is 11.3 Å². The summed E-state index contributed by atoms with van der Waals surface area (Å²) in [6.07, 6.45) is -0.0703. The van der Waals surface area contributed by atoms with Gasteiger partial charge in [0, 0.05) is 11.9 Å². The van der Waals surface area contributed by atoms with E-state index in [9.17, 15) is 14.4 Å². The molecule has 2 bridgehead atoms. The molecule has 2 aliphatic heterocycles. The van der Waals surface area contributed by atoms with Gasteiger partial charge in [0.25, 0.3) is 5.91 Å². The van der Waals surface area contributed by atoms with Crippen LogP contribution in [0.5, 0.6) is 0 Å². The lowest BCUT2D eigenvalue weighted by Crippen LogP contribution is -2.51. The first kappa shape index (κ1) is 23.2. The fourth-order valence-corrected chi connectivity index (χ4v) is 4.87. The lowest BCUT2D eigenvalue weighted by molar-refractivity contribution is -0.0426. The smallest absolute Gasteiger partial charge is 0.410 e. The van der Waals surface area contributed by atoms with Crippen LogP contribution in [-0.4, -0.2) is 70.9 Å². The van der Waals surface area contributed by atoms with E-state index in [1.807, 2.05) is 0 Å². The Morgan fingerprint density at radius 1 is 1.35 bits per heavy atom. The maximum Gasteiger partial charge on any atom is 0.410 e. The van der Waals surface area contributed by atoms with Gasteiger partial charge < -0.3 is 19.8 Å². The molecule has 31 heavy (non-hydrogen) atoms. The molecule has 0 radical (unpaired) electrons. The average molecular weight is 469 g/mol. The van der Waals surface area contributed by atoms with Crippen molar-refractivity contribution >= 4 is 49.3 Å². The molecule has 0 spiro atoms. The van der Waals surface area contributed by atoms with Crippen molar-refractivity contribution in [3.8, 4) is 0 Å². The summed E-state index contributed by atoms with van der Waals surface area (Å²) >= 11 is 0.963. The summed E-state index contributed by atoms with van der Waals surface area (Å²) < 4.78 is 6.26. The second kappa shape index (κ2) is 8.20. The van der Waals surface area contributed by atoms with Gasteiger partial charge in [0.05, 0.1) is 12.1 Å². The molecular formula is C18H28N6O5SSi. The minimum atomic E-state index is -2.20. The van der Waals surface area contributed by atoms with Gasteiger partial charge in [-0.15, -0.1) is 11.3 Å². The van der Waals surface area contributed by atoms with Crippen LogP contribution in [0, 0.1) is 5.41 Å². The second-order valence-corrected chi connectivity index (χ2v) is 14.8. The number of nitrogens with zero attached hydrogens (tertiary/aromatic N) is 3. The summed E-state index contributed by atoms with van der Waals surface area (Å²) in [6, 6.07) is -0.902. The second-order valence-electron chi connectivity index (χ2n) is 9.20. The fourth-order valence-electron chi connectivity index (χ4n) is 3.24. The number of carbonyl (C=O) groups excluding carboxylic acids is 2. The maximum absolute atomic E-state index is 13.0. The first-order valence-electron chi connectivity index (χ1n) is 9.94. The number of thiazole rings is 1. The highest BCUT2D eigenvalue weighted by Crippen LogP contribution is 2.40. The fraction of sp³-hybridized carbons (Fsp3) is 0.611. The molecule has 13 heteroatoms. The van der Waals surface area contributed by atoms with E-state index in [4.69, 9.17) is 15.0 Å². The summed E-state index contributed by atoms with van der Waals surface area (Å²) in [4.78, 5) is 41.6. The van der Waals surface area contributed by atoms with Crippen molar-refractivity contribution in [3.63, 3.8) is 0 Å². The largest absolute Gasteiger partial charge is 0.465 e. The van der Waals surface area contributed by atoms with E-state index in [1.165, 1.54) is 10.4 Å². The summed E-state index contributed by atoms with van der Waals surface area (Å²) in [5.74, 6) is -0.659. The van der Waals surface area contributed by atoms with Crippen molar-refractivity contribution in [2.45, 2.75) is 63.8 Å². The minimum absolute atomic E-state index is 0.0258. The van der Waals surface area contributed by atoms with Crippen LogP contribution in [0.15, 0.2) is 5.38 Å². The van der Waals surface area contributed by atoms with Gasteiger partial charge >= 0.3 is 12.1 Å². The maximum atomic E-state index is 13.0. The summed E-state index contributed by atoms with van der Waals surface area (Å²) in [6.45, 7) is 10.9. The zero-order valence-corrected chi connectivity index (χ0v) is 20.0. The Kier molecular flexibility index (Phi) is 6.13. The van der Waals surface area contributed by atoms with Crippen LogP contribution in [0.3, 0.4) is 0 Å². The molecule has 0 aliphatic carbocycles. The number of hydrogen-bond donors (Lipinski definition) is 4. The van der Waals surface area contributed by atoms with Crippen molar-refractivity contribution in [2.24, 2.45) is 0 Å². The monoisotopic (exact) mass is 468 g/mol. The number of amidine groups is 1. The van der Waals surface area contributed by atoms with Crippen LogP contribution in [0.2, 0.25) is 18.1 Å². The lowest BCUT2D eigenvalue weighted by atomic mass is 10.00. The van der Waals surface area contributed by atoms with Gasteiger partial charge in [-0.2, -0.15) is 0 Å². The quantitative estimate of drug-likeness (QED) is 0.296. The van der Waals surface area contributed by atoms with Crippen LogP contribution in [-0.2, 0) is 4.53 Å². The number of piperidine rings is 1. The van der Waals surface area contributed by atoms with Crippen molar-refractivity contribution in [1.82, 2.24) is 20.3 Å². The van der Waals surface area contributed by atoms with Crippen LogP contribution in [0.1, 0.15) is 43.4 Å². The molecular weight excluding hydrogens is 440 g/mol. The Balaban J connectivity index is 1.65. The summed E-state index contributed by atoms with van der Waals surface area (Å²) in [5, 5.41) is 24.5. The van der Waals surface area contributed by atoms with E-state index >= 15 is 0 Å². The van der Waals surface area contributed by atoms with Gasteiger partial charge in [0.1, 0.15) is 11.7 Å². The molecule has 1 aromatic rings. The Labute approximate surface area is 185 Å². The number of urea groups is 1. The summed E-state index contributed by atoms with van der Waals surface area (Å²) in [7, 11) is -2.20. The number of rotatable bonds is 5. The molecule has 4 amide bonds. The molecule has 3 heterocycles. The molecule has 2 fully saturated rings. The lowest BCUT2D eigenvalue weighted by Gasteiger charge is -2.39. The third kappa shape index (κ3) is 4.72. The number of fused-ring (bicyclic) bond motifs is 2. The molecule has 2 aliphatic rings. The van der Waals surface area contributed by atoms with Crippen LogP contribution in [0.4, 0.5) is 15.4 Å². The number of hydroxylamine groups is 2. The third-order valence-corrected chi connectivity index (χ3v) is 11.1. The standard InChI is InChI=1S/C18H28N6O5SSi/c1-18(2,3)31(4,5)29-24-10-6-7-11(23(8-10)17(24)28)13(19)22-14(25)15-20-12(9-30-15)21-16(26)27/h9-11,21H,6-8H2,1-5H3,(H,26,27)(H2,19,22,25)/t10-,11+/m1/s1. The molecule has 0 aromatic carbocycles. The molecule has 4 N–H and O–H groups in total. The van der Waals surface area contributed by atoms with E-state index in [-0.39, 0.29) is 33.8 Å². The van der Waals surface area contributed by atoms with Crippen molar-refractivity contribution < 1.29 is 24.0 Å². The van der Waals surface area contributed by atoms with Gasteiger partial charge in [-0.3, -0.25) is 15.5 Å². The highest BCUT2D eigenvalue weighted by Gasteiger charge is 2.50. The topological polar surface area (TPSA) is 148 Å². The zero-order valence-electron chi connectivity index (χ0n) is 18.2. The first-order chi connectivity index (χ1) is 14.3. The van der Waals surface area contributed by atoms with Gasteiger partial charge in [0.2, 0.25) is 8.32 Å². The Morgan fingerprint density at radius 2 is 2.03 bits per heavy atom. The number of carboxylic acid groups (broad SMARTS) is 1. The molecule has 170 valence electrons. The van der Waals surface area contributed by atoms with E-state index < -0.39 is 26.4 Å². The minimum Gasteiger partial charge on any atom is -0.465 e. The van der Waals surface area contributed by atoms with Crippen molar-refractivity contribution in [3.05, 3.63) is 10.4 Å². The summed E-state index contributed by atoms with van der Waals surface area (Å²) in [5.41, 5.74) is 0. The number of nitrogens with one attached hydrogen (secondary N) is 3. The van der Waals surface area contributed by atoms with Crippen LogP contribution < -0.4 is 10.6 Å². The van der Waals surface area contributed by atoms with Gasteiger partial charge in [0.15, 0.2) is 5.01 Å².